The lowest BCUT2D eigenvalue weighted by Crippen LogP contribution is -2.48. The van der Waals surface area contributed by atoms with E-state index < -0.39 is 0 Å². The zero-order chi connectivity index (χ0) is 22.2. The number of thiazole rings is 1. The minimum absolute atomic E-state index is 0.0662. The summed E-state index contributed by atoms with van der Waals surface area (Å²) in [6.45, 7) is 5.46. The van der Waals surface area contributed by atoms with Gasteiger partial charge in [0.15, 0.2) is 0 Å². The molecule has 1 aromatic heterocycles. The quantitative estimate of drug-likeness (QED) is 0.665. The van der Waals surface area contributed by atoms with Gasteiger partial charge in [0.05, 0.1) is 29.3 Å². The largest absolute Gasteiger partial charge is 0.370 e. The number of aromatic nitrogens is 1. The summed E-state index contributed by atoms with van der Waals surface area (Å²) in [5.41, 5.74) is 1.68. The highest BCUT2D eigenvalue weighted by molar-refractivity contribution is 7.09. The molecule has 2 saturated heterocycles. The van der Waals surface area contributed by atoms with Gasteiger partial charge in [-0.1, -0.05) is 13.0 Å². The lowest BCUT2D eigenvalue weighted by Gasteiger charge is -2.38. The van der Waals surface area contributed by atoms with Crippen LogP contribution in [0.4, 0.5) is 5.69 Å². The third-order valence-corrected chi connectivity index (χ3v) is 7.60. The van der Waals surface area contributed by atoms with E-state index in [4.69, 9.17) is 0 Å². The van der Waals surface area contributed by atoms with Crippen molar-refractivity contribution in [1.82, 2.24) is 14.8 Å². The van der Waals surface area contributed by atoms with Crippen molar-refractivity contribution in [2.24, 2.45) is 11.8 Å². The molecule has 0 radical (unpaired) electrons. The van der Waals surface area contributed by atoms with E-state index in [1.165, 1.54) is 22.7 Å². The predicted molar refractivity (Wildman–Crippen MR) is 123 cm³/mol. The molecule has 1 aromatic carbocycles. The van der Waals surface area contributed by atoms with Crippen molar-refractivity contribution in [3.63, 3.8) is 0 Å². The Morgan fingerprint density at radius 2 is 1.97 bits per heavy atom. The highest BCUT2D eigenvalue weighted by Crippen LogP contribution is 2.35. The number of fused-ring (bicyclic) bond motifs is 1. The molecule has 8 heteroatoms. The first kappa shape index (κ1) is 21.1. The van der Waals surface area contributed by atoms with Crippen LogP contribution in [0.15, 0.2) is 29.8 Å². The van der Waals surface area contributed by atoms with Crippen molar-refractivity contribution in [2.45, 2.75) is 39.2 Å². The van der Waals surface area contributed by atoms with Gasteiger partial charge in [-0.15, -0.1) is 11.3 Å². The molecule has 0 saturated carbocycles. The molecule has 4 heterocycles. The van der Waals surface area contributed by atoms with E-state index in [0.29, 0.717) is 23.6 Å². The average molecular weight is 453 g/mol. The summed E-state index contributed by atoms with van der Waals surface area (Å²) in [5, 5.41) is 2.58. The van der Waals surface area contributed by atoms with E-state index in [1.807, 2.05) is 22.4 Å². The summed E-state index contributed by atoms with van der Waals surface area (Å²) in [6.07, 6.45) is 5.70. The number of carbonyl (C=O) groups excluding carboxylic acids is 3. The molecule has 3 amide bonds. The topological polar surface area (TPSA) is 73.8 Å². The molecule has 2 fully saturated rings. The number of amides is 3. The van der Waals surface area contributed by atoms with E-state index in [9.17, 15) is 14.4 Å². The second kappa shape index (κ2) is 8.65. The van der Waals surface area contributed by atoms with E-state index >= 15 is 0 Å². The summed E-state index contributed by atoms with van der Waals surface area (Å²) in [6, 6.07) is 5.47. The first-order valence-electron chi connectivity index (χ1n) is 11.4. The van der Waals surface area contributed by atoms with Gasteiger partial charge in [-0.05, 0) is 43.7 Å². The van der Waals surface area contributed by atoms with E-state index in [2.05, 4.69) is 16.8 Å². The van der Waals surface area contributed by atoms with Gasteiger partial charge in [-0.25, -0.2) is 4.98 Å². The molecule has 0 aliphatic carbocycles. The molecule has 0 unspecified atom stereocenters. The molecule has 5 rings (SSSR count). The number of piperidine rings is 2. The Morgan fingerprint density at radius 1 is 1.12 bits per heavy atom. The number of carbonyl (C=O) groups is 3. The standard InChI is InChI=1S/C24H28N4O3S/c1-16-5-3-11-27(13-16)22(29)17-6-4-10-26(14-17)19-8-2-7-18-21(19)24(31)28(23(18)30)15-20-25-9-12-32-20/h2,7-9,12,16-17H,3-6,10-11,13-15H2,1H3/t16-,17+/m1/s1. The van der Waals surface area contributed by atoms with Gasteiger partial charge < -0.3 is 9.80 Å². The summed E-state index contributed by atoms with van der Waals surface area (Å²) in [4.78, 5) is 49.2. The van der Waals surface area contributed by atoms with Crippen LogP contribution in [0.2, 0.25) is 0 Å². The number of imide groups is 1. The van der Waals surface area contributed by atoms with Gasteiger partial charge in [0.1, 0.15) is 5.01 Å². The summed E-state index contributed by atoms with van der Waals surface area (Å²) >= 11 is 1.43. The van der Waals surface area contributed by atoms with Crippen LogP contribution in [0.3, 0.4) is 0 Å². The van der Waals surface area contributed by atoms with Crippen LogP contribution in [0.5, 0.6) is 0 Å². The maximum absolute atomic E-state index is 13.3. The van der Waals surface area contributed by atoms with Gasteiger partial charge in [-0.2, -0.15) is 0 Å². The molecule has 0 bridgehead atoms. The zero-order valence-corrected chi connectivity index (χ0v) is 19.1. The van der Waals surface area contributed by atoms with E-state index in [0.717, 1.165) is 49.6 Å². The number of rotatable bonds is 4. The first-order chi connectivity index (χ1) is 15.5. The average Bonchev–Trinajstić information content (AvgIpc) is 3.41. The number of anilines is 1. The Kier molecular flexibility index (Phi) is 5.71. The smallest absolute Gasteiger partial charge is 0.264 e. The predicted octanol–water partition coefficient (Wildman–Crippen LogP) is 3.41. The fourth-order valence-corrected chi connectivity index (χ4v) is 5.84. The Morgan fingerprint density at radius 3 is 2.75 bits per heavy atom. The van der Waals surface area contributed by atoms with Crippen molar-refractivity contribution in [1.29, 1.82) is 0 Å². The fourth-order valence-electron chi connectivity index (χ4n) is 5.23. The molecule has 168 valence electrons. The number of nitrogens with zero attached hydrogens (tertiary/aromatic N) is 4. The van der Waals surface area contributed by atoms with Crippen LogP contribution in [0.25, 0.3) is 0 Å². The minimum Gasteiger partial charge on any atom is -0.370 e. The highest BCUT2D eigenvalue weighted by Gasteiger charge is 2.40. The van der Waals surface area contributed by atoms with Crippen molar-refractivity contribution in [3.05, 3.63) is 45.9 Å². The molecule has 3 aliphatic rings. The van der Waals surface area contributed by atoms with Crippen LogP contribution < -0.4 is 4.90 Å². The van der Waals surface area contributed by atoms with Crippen LogP contribution in [0.1, 0.15) is 58.3 Å². The number of likely N-dealkylation sites (tertiary alicyclic amines) is 1. The maximum Gasteiger partial charge on any atom is 0.264 e. The molecule has 2 aromatic rings. The Bertz CT molecular complexity index is 1040. The third kappa shape index (κ3) is 3.81. The maximum atomic E-state index is 13.3. The molecule has 0 spiro atoms. The zero-order valence-electron chi connectivity index (χ0n) is 18.3. The SMILES string of the molecule is C[C@@H]1CCCN(C(=O)[C@H]2CCCN(c3cccc4c3C(=O)N(Cc3nccs3)C4=O)C2)C1. The second-order valence-electron chi connectivity index (χ2n) is 9.14. The third-order valence-electron chi connectivity index (χ3n) is 6.83. The van der Waals surface area contributed by atoms with Crippen LogP contribution >= 0.6 is 11.3 Å². The van der Waals surface area contributed by atoms with Crippen molar-refractivity contribution in [2.75, 3.05) is 31.1 Å². The van der Waals surface area contributed by atoms with Gasteiger partial charge in [-0.3, -0.25) is 19.3 Å². The Labute approximate surface area is 192 Å². The monoisotopic (exact) mass is 452 g/mol. The Hall–Kier alpha value is -2.74. The molecule has 3 aliphatic heterocycles. The summed E-state index contributed by atoms with van der Waals surface area (Å²) in [7, 11) is 0. The first-order valence-corrected chi connectivity index (χ1v) is 12.3. The van der Waals surface area contributed by atoms with Crippen LogP contribution in [-0.2, 0) is 11.3 Å². The number of benzene rings is 1. The van der Waals surface area contributed by atoms with Gasteiger partial charge in [0, 0.05) is 37.8 Å². The van der Waals surface area contributed by atoms with Crippen molar-refractivity contribution < 1.29 is 14.4 Å². The van der Waals surface area contributed by atoms with E-state index in [1.54, 1.807) is 12.3 Å². The lowest BCUT2D eigenvalue weighted by molar-refractivity contribution is -0.137. The van der Waals surface area contributed by atoms with E-state index in [-0.39, 0.29) is 30.2 Å². The van der Waals surface area contributed by atoms with Crippen LogP contribution in [-0.4, -0.2) is 58.7 Å². The van der Waals surface area contributed by atoms with Gasteiger partial charge >= 0.3 is 0 Å². The minimum atomic E-state index is -0.269. The summed E-state index contributed by atoms with van der Waals surface area (Å²) in [5.74, 6) is 0.186. The molecule has 32 heavy (non-hydrogen) atoms. The molecule has 7 nitrogen and oxygen atoms in total. The number of hydrogen-bond acceptors (Lipinski definition) is 6. The second-order valence-corrected chi connectivity index (χ2v) is 10.1. The molecule has 0 N–H and O–H groups in total. The number of hydrogen-bond donors (Lipinski definition) is 0. The molecule has 2 atom stereocenters. The molecular weight excluding hydrogens is 424 g/mol. The van der Waals surface area contributed by atoms with Crippen molar-refractivity contribution in [3.8, 4) is 0 Å². The summed E-state index contributed by atoms with van der Waals surface area (Å²) < 4.78 is 0. The Balaban J connectivity index is 1.37. The van der Waals surface area contributed by atoms with Crippen molar-refractivity contribution >= 4 is 34.7 Å². The van der Waals surface area contributed by atoms with Gasteiger partial charge in [0.25, 0.3) is 11.8 Å². The van der Waals surface area contributed by atoms with Gasteiger partial charge in [0.2, 0.25) is 5.91 Å². The van der Waals surface area contributed by atoms with Crippen LogP contribution in [0, 0.1) is 11.8 Å². The normalized spacial score (nSPS) is 23.6. The fraction of sp³-hybridized carbons (Fsp3) is 0.500. The molecular formula is C24H28N4O3S. The lowest BCUT2D eigenvalue weighted by atomic mass is 9.93. The highest BCUT2D eigenvalue weighted by atomic mass is 32.1.